The highest BCUT2D eigenvalue weighted by atomic mass is 79.9. The molecule has 0 bridgehead atoms. The van der Waals surface area contributed by atoms with Gasteiger partial charge in [0.1, 0.15) is 6.04 Å². The van der Waals surface area contributed by atoms with E-state index >= 15 is 0 Å². The normalized spacial score (nSPS) is 19.6. The molecule has 0 aliphatic carbocycles. The summed E-state index contributed by atoms with van der Waals surface area (Å²) in [5.74, 6) is -0.340. The number of nitrogens with one attached hydrogen (secondary N) is 1. The first-order valence-electron chi connectivity index (χ1n) is 5.64. The van der Waals surface area contributed by atoms with Crippen molar-refractivity contribution in [2.45, 2.75) is 13.0 Å². The average molecular weight is 312 g/mol. The van der Waals surface area contributed by atoms with Gasteiger partial charge in [-0.2, -0.15) is 0 Å². The lowest BCUT2D eigenvalue weighted by Gasteiger charge is -2.33. The van der Waals surface area contributed by atoms with Gasteiger partial charge in [-0.3, -0.25) is 9.59 Å². The van der Waals surface area contributed by atoms with Gasteiger partial charge in [0.2, 0.25) is 5.91 Å². The van der Waals surface area contributed by atoms with E-state index in [1.54, 1.807) is 30.0 Å². The zero-order valence-corrected chi connectivity index (χ0v) is 11.5. The average Bonchev–Trinajstić information content (AvgIpc) is 2.32. The van der Waals surface area contributed by atoms with Gasteiger partial charge >= 0.3 is 0 Å². The second-order valence-electron chi connectivity index (χ2n) is 4.20. The number of benzene rings is 1. The first-order valence-corrected chi connectivity index (χ1v) is 6.43. The first-order chi connectivity index (χ1) is 8.50. The number of carbonyl (C=O) groups is 2. The number of hydrogen-bond acceptors (Lipinski definition) is 3. The maximum Gasteiger partial charge on any atom is 0.256 e. The quantitative estimate of drug-likeness (QED) is 0.760. The summed E-state index contributed by atoms with van der Waals surface area (Å²) in [5, 5.41) is 2.72. The number of nitrogens with zero attached hydrogens (tertiary/aromatic N) is 1. The number of carbonyl (C=O) groups excluding carboxylic acids is 2. The fraction of sp³-hybridized carbons (Fsp3) is 0.333. The lowest BCUT2D eigenvalue weighted by atomic mass is 10.1. The zero-order chi connectivity index (χ0) is 13.3. The maximum absolute atomic E-state index is 12.3. The maximum atomic E-state index is 12.3. The summed E-state index contributed by atoms with van der Waals surface area (Å²) >= 11 is 3.29. The standard InChI is InChI=1S/C12H14BrN3O2/c1-7-11(17)15-4-5-16(7)12(18)9-3-2-8(13)6-10(9)14/h2-3,6-7H,4-5,14H2,1H3,(H,15,17). The minimum atomic E-state index is -0.464. The van der Waals surface area contributed by atoms with Crippen molar-refractivity contribution in [3.63, 3.8) is 0 Å². The molecule has 1 unspecified atom stereocenters. The van der Waals surface area contributed by atoms with Crippen LogP contribution in [-0.2, 0) is 4.79 Å². The molecule has 2 rings (SSSR count). The van der Waals surface area contributed by atoms with Crippen LogP contribution in [0.4, 0.5) is 5.69 Å². The molecule has 1 atom stereocenters. The Balaban J connectivity index is 2.28. The van der Waals surface area contributed by atoms with E-state index in [2.05, 4.69) is 21.2 Å². The molecule has 3 N–H and O–H groups in total. The third-order valence-electron chi connectivity index (χ3n) is 3.00. The van der Waals surface area contributed by atoms with Gasteiger partial charge in [0, 0.05) is 23.2 Å². The predicted molar refractivity (Wildman–Crippen MR) is 72.1 cm³/mol. The number of piperazine rings is 1. The smallest absolute Gasteiger partial charge is 0.256 e. The van der Waals surface area contributed by atoms with Crippen molar-refractivity contribution in [2.24, 2.45) is 0 Å². The number of anilines is 1. The molecule has 1 aliphatic rings. The van der Waals surface area contributed by atoms with Crippen LogP contribution in [0, 0.1) is 0 Å². The lowest BCUT2D eigenvalue weighted by molar-refractivity contribution is -0.127. The molecule has 0 saturated carbocycles. The molecule has 2 amide bonds. The van der Waals surface area contributed by atoms with Gasteiger partial charge in [0.25, 0.3) is 5.91 Å². The van der Waals surface area contributed by atoms with Crippen LogP contribution in [0.2, 0.25) is 0 Å². The van der Waals surface area contributed by atoms with Crippen molar-refractivity contribution in [3.8, 4) is 0 Å². The number of amides is 2. The number of nitrogen functional groups attached to an aromatic ring is 1. The molecule has 1 aliphatic heterocycles. The van der Waals surface area contributed by atoms with Crippen molar-refractivity contribution in [3.05, 3.63) is 28.2 Å². The molecule has 5 nitrogen and oxygen atoms in total. The topological polar surface area (TPSA) is 75.4 Å². The van der Waals surface area contributed by atoms with Gasteiger partial charge in [-0.25, -0.2) is 0 Å². The molecule has 1 saturated heterocycles. The van der Waals surface area contributed by atoms with E-state index in [9.17, 15) is 9.59 Å². The number of hydrogen-bond donors (Lipinski definition) is 2. The molecular formula is C12H14BrN3O2. The molecule has 1 aromatic carbocycles. The first kappa shape index (κ1) is 12.9. The summed E-state index contributed by atoms with van der Waals surface area (Å²) in [6, 6.07) is 4.65. The van der Waals surface area contributed by atoms with Crippen LogP contribution < -0.4 is 11.1 Å². The lowest BCUT2D eigenvalue weighted by Crippen LogP contribution is -2.55. The summed E-state index contributed by atoms with van der Waals surface area (Å²) < 4.78 is 0.820. The fourth-order valence-electron chi connectivity index (χ4n) is 1.94. The molecule has 18 heavy (non-hydrogen) atoms. The van der Waals surface area contributed by atoms with E-state index in [0.717, 1.165) is 4.47 Å². The molecule has 1 fully saturated rings. The van der Waals surface area contributed by atoms with Gasteiger partial charge in [0.05, 0.1) is 5.56 Å². The largest absolute Gasteiger partial charge is 0.398 e. The second-order valence-corrected chi connectivity index (χ2v) is 5.11. The Morgan fingerprint density at radius 2 is 2.28 bits per heavy atom. The Bertz CT molecular complexity index is 504. The third kappa shape index (κ3) is 2.33. The van der Waals surface area contributed by atoms with Crippen LogP contribution in [0.3, 0.4) is 0 Å². The van der Waals surface area contributed by atoms with E-state index < -0.39 is 6.04 Å². The highest BCUT2D eigenvalue weighted by Gasteiger charge is 2.30. The summed E-state index contributed by atoms with van der Waals surface area (Å²) in [5.41, 5.74) is 6.67. The molecular weight excluding hydrogens is 298 g/mol. The molecule has 1 heterocycles. The predicted octanol–water partition coefficient (Wildman–Crippen LogP) is 0.992. The SMILES string of the molecule is CC1C(=O)NCCN1C(=O)c1ccc(Br)cc1N. The number of halogens is 1. The summed E-state index contributed by atoms with van der Waals surface area (Å²) in [6.45, 7) is 2.69. The van der Waals surface area contributed by atoms with E-state index in [4.69, 9.17) is 5.73 Å². The summed E-state index contributed by atoms with van der Waals surface area (Å²) in [4.78, 5) is 25.4. The highest BCUT2D eigenvalue weighted by molar-refractivity contribution is 9.10. The van der Waals surface area contributed by atoms with E-state index in [1.807, 2.05) is 0 Å². The van der Waals surface area contributed by atoms with Gasteiger partial charge in [-0.15, -0.1) is 0 Å². The van der Waals surface area contributed by atoms with E-state index in [-0.39, 0.29) is 11.8 Å². The summed E-state index contributed by atoms with van der Waals surface area (Å²) in [7, 11) is 0. The van der Waals surface area contributed by atoms with Crippen LogP contribution in [0.15, 0.2) is 22.7 Å². The molecule has 0 aromatic heterocycles. The van der Waals surface area contributed by atoms with Gasteiger partial charge in [-0.1, -0.05) is 15.9 Å². The van der Waals surface area contributed by atoms with Crippen LogP contribution in [0.1, 0.15) is 17.3 Å². The summed E-state index contributed by atoms with van der Waals surface area (Å²) in [6.07, 6.45) is 0. The molecule has 6 heteroatoms. The van der Waals surface area contributed by atoms with E-state index in [1.165, 1.54) is 0 Å². The van der Waals surface area contributed by atoms with Crippen molar-refractivity contribution in [1.29, 1.82) is 0 Å². The Kier molecular flexibility index (Phi) is 3.56. The third-order valence-corrected chi connectivity index (χ3v) is 3.50. The second kappa shape index (κ2) is 4.97. The Morgan fingerprint density at radius 1 is 1.56 bits per heavy atom. The minimum absolute atomic E-state index is 0.134. The van der Waals surface area contributed by atoms with Crippen molar-refractivity contribution < 1.29 is 9.59 Å². The highest BCUT2D eigenvalue weighted by Crippen LogP contribution is 2.21. The van der Waals surface area contributed by atoms with Gasteiger partial charge in [-0.05, 0) is 25.1 Å². The molecule has 1 aromatic rings. The van der Waals surface area contributed by atoms with Crippen LogP contribution in [0.25, 0.3) is 0 Å². The fourth-order valence-corrected chi connectivity index (χ4v) is 2.32. The van der Waals surface area contributed by atoms with Crippen molar-refractivity contribution >= 4 is 33.4 Å². The Morgan fingerprint density at radius 3 is 2.94 bits per heavy atom. The Labute approximate surface area is 113 Å². The molecule has 0 spiro atoms. The van der Waals surface area contributed by atoms with Gasteiger partial charge < -0.3 is 16.0 Å². The minimum Gasteiger partial charge on any atom is -0.398 e. The molecule has 96 valence electrons. The Hall–Kier alpha value is -1.56. The van der Waals surface area contributed by atoms with E-state index in [0.29, 0.717) is 24.3 Å². The van der Waals surface area contributed by atoms with Crippen LogP contribution in [-0.4, -0.2) is 35.8 Å². The van der Waals surface area contributed by atoms with Crippen molar-refractivity contribution in [1.82, 2.24) is 10.2 Å². The van der Waals surface area contributed by atoms with Crippen molar-refractivity contribution in [2.75, 3.05) is 18.8 Å². The van der Waals surface area contributed by atoms with Gasteiger partial charge in [0.15, 0.2) is 0 Å². The van der Waals surface area contributed by atoms with Crippen LogP contribution in [0.5, 0.6) is 0 Å². The van der Waals surface area contributed by atoms with Crippen LogP contribution >= 0.6 is 15.9 Å². The number of rotatable bonds is 1. The zero-order valence-electron chi connectivity index (χ0n) is 9.94. The number of nitrogens with two attached hydrogens (primary N) is 1. The monoisotopic (exact) mass is 311 g/mol. The molecule has 0 radical (unpaired) electrons.